The number of nitrogens with zero attached hydrogens (tertiary/aromatic N) is 1. The highest BCUT2D eigenvalue weighted by Crippen LogP contribution is 2.27. The average Bonchev–Trinajstić information content (AvgIpc) is 2.66. The van der Waals surface area contributed by atoms with Gasteiger partial charge in [-0.3, -0.25) is 4.31 Å². The maximum Gasteiger partial charge on any atom is 0.264 e. The lowest BCUT2D eigenvalue weighted by Gasteiger charge is -2.25. The summed E-state index contributed by atoms with van der Waals surface area (Å²) in [5, 5.41) is 0. The second-order valence-corrected chi connectivity index (χ2v) is 8.02. The summed E-state index contributed by atoms with van der Waals surface area (Å²) in [6.07, 6.45) is 0. The van der Waals surface area contributed by atoms with E-state index in [0.29, 0.717) is 5.75 Å². The normalized spacial score (nSPS) is 11.2. The lowest BCUT2D eigenvalue weighted by molar-refractivity contribution is 0.414. The van der Waals surface area contributed by atoms with Crippen LogP contribution in [0.2, 0.25) is 0 Å². The number of halogens is 1. The number of hydrogen-bond acceptors (Lipinski definition) is 3. The number of rotatable bonds is 6. The highest BCUT2D eigenvalue weighted by molar-refractivity contribution is 7.92. The van der Waals surface area contributed by atoms with E-state index >= 15 is 0 Å². The molecule has 0 spiro atoms. The predicted octanol–water partition coefficient (Wildman–Crippen LogP) is 4.54. The molecule has 0 amide bonds. The highest BCUT2D eigenvalue weighted by Gasteiger charge is 2.25. The van der Waals surface area contributed by atoms with Crippen LogP contribution in [0.4, 0.5) is 10.1 Å². The first-order valence-corrected chi connectivity index (χ1v) is 9.82. The molecule has 27 heavy (non-hydrogen) atoms. The topological polar surface area (TPSA) is 46.6 Å². The van der Waals surface area contributed by atoms with Crippen LogP contribution < -0.4 is 9.04 Å². The summed E-state index contributed by atoms with van der Waals surface area (Å²) in [5.41, 5.74) is 1.86. The molecule has 0 unspecified atom stereocenters. The van der Waals surface area contributed by atoms with Crippen LogP contribution in [0.1, 0.15) is 11.1 Å². The molecule has 6 heteroatoms. The summed E-state index contributed by atoms with van der Waals surface area (Å²) in [5.74, 6) is 0.185. The van der Waals surface area contributed by atoms with Crippen LogP contribution in [-0.4, -0.2) is 15.5 Å². The lowest BCUT2D eigenvalue weighted by atomic mass is 10.2. The SMILES string of the molecule is COc1ccc(CN(c2cccc(F)c2)S(=O)(=O)c2cccc(C)c2)cc1. The summed E-state index contributed by atoms with van der Waals surface area (Å²) in [6, 6.07) is 19.4. The third-order valence-electron chi connectivity index (χ3n) is 4.16. The molecule has 3 aromatic carbocycles. The maximum atomic E-state index is 13.8. The van der Waals surface area contributed by atoms with Crippen molar-refractivity contribution in [3.05, 3.63) is 89.7 Å². The van der Waals surface area contributed by atoms with Crippen molar-refractivity contribution in [2.24, 2.45) is 0 Å². The zero-order valence-corrected chi connectivity index (χ0v) is 15.9. The lowest BCUT2D eigenvalue weighted by Crippen LogP contribution is -2.30. The Hall–Kier alpha value is -2.86. The highest BCUT2D eigenvalue weighted by atomic mass is 32.2. The molecular weight excluding hydrogens is 365 g/mol. The van der Waals surface area contributed by atoms with E-state index in [-0.39, 0.29) is 17.1 Å². The third-order valence-corrected chi connectivity index (χ3v) is 5.93. The second-order valence-electron chi connectivity index (χ2n) is 6.16. The van der Waals surface area contributed by atoms with E-state index in [1.807, 2.05) is 13.0 Å². The van der Waals surface area contributed by atoms with E-state index < -0.39 is 15.8 Å². The molecule has 0 radical (unpaired) electrons. The summed E-state index contributed by atoms with van der Waals surface area (Å²) in [6.45, 7) is 1.90. The predicted molar refractivity (Wildman–Crippen MR) is 104 cm³/mol. The van der Waals surface area contributed by atoms with E-state index in [1.165, 1.54) is 22.5 Å². The summed E-state index contributed by atoms with van der Waals surface area (Å²) in [4.78, 5) is 0.167. The van der Waals surface area contributed by atoms with Crippen molar-refractivity contribution in [3.8, 4) is 5.75 Å². The molecule has 0 N–H and O–H groups in total. The van der Waals surface area contributed by atoms with Crippen LogP contribution in [0.3, 0.4) is 0 Å². The molecule has 3 rings (SSSR count). The smallest absolute Gasteiger partial charge is 0.264 e. The first kappa shape index (κ1) is 18.9. The van der Waals surface area contributed by atoms with Gasteiger partial charge in [-0.15, -0.1) is 0 Å². The molecular formula is C21H20FNO3S. The van der Waals surface area contributed by atoms with E-state index in [0.717, 1.165) is 11.1 Å². The van der Waals surface area contributed by atoms with Gasteiger partial charge in [-0.05, 0) is 60.5 Å². The van der Waals surface area contributed by atoms with Gasteiger partial charge >= 0.3 is 0 Å². The van der Waals surface area contributed by atoms with Crippen LogP contribution in [0, 0.1) is 12.7 Å². The number of hydrogen-bond donors (Lipinski definition) is 0. The zero-order chi connectivity index (χ0) is 19.4. The maximum absolute atomic E-state index is 13.8. The van der Waals surface area contributed by atoms with Crippen LogP contribution >= 0.6 is 0 Å². The summed E-state index contributed by atoms with van der Waals surface area (Å²) in [7, 11) is -2.31. The Morgan fingerprint density at radius 2 is 1.67 bits per heavy atom. The van der Waals surface area contributed by atoms with Crippen molar-refractivity contribution in [2.45, 2.75) is 18.4 Å². The van der Waals surface area contributed by atoms with Gasteiger partial charge < -0.3 is 4.74 Å². The van der Waals surface area contributed by atoms with Gasteiger partial charge in [0.2, 0.25) is 0 Å². The fourth-order valence-corrected chi connectivity index (χ4v) is 4.30. The van der Waals surface area contributed by atoms with Gasteiger partial charge in [-0.1, -0.05) is 30.3 Å². The molecule has 0 atom stereocenters. The number of anilines is 1. The molecule has 3 aromatic rings. The Balaban J connectivity index is 2.06. The van der Waals surface area contributed by atoms with Crippen molar-refractivity contribution < 1.29 is 17.5 Å². The third kappa shape index (κ3) is 4.28. The van der Waals surface area contributed by atoms with E-state index in [2.05, 4.69) is 0 Å². The van der Waals surface area contributed by atoms with E-state index in [4.69, 9.17) is 4.74 Å². The minimum Gasteiger partial charge on any atom is -0.497 e. The molecule has 0 aromatic heterocycles. The Morgan fingerprint density at radius 1 is 0.963 bits per heavy atom. The molecule has 0 aliphatic rings. The number of benzene rings is 3. The summed E-state index contributed by atoms with van der Waals surface area (Å²) >= 11 is 0. The molecule has 0 aliphatic heterocycles. The Kier molecular flexibility index (Phi) is 5.46. The molecule has 0 bridgehead atoms. The Bertz CT molecular complexity index is 1030. The molecule has 0 saturated carbocycles. The Labute approximate surface area is 158 Å². The number of ether oxygens (including phenoxy) is 1. The van der Waals surface area contributed by atoms with Gasteiger partial charge in [-0.25, -0.2) is 12.8 Å². The van der Waals surface area contributed by atoms with Gasteiger partial charge in [0.15, 0.2) is 0 Å². The van der Waals surface area contributed by atoms with Crippen molar-refractivity contribution in [1.29, 1.82) is 0 Å². The van der Waals surface area contributed by atoms with Crippen molar-refractivity contribution >= 4 is 15.7 Å². The number of aryl methyl sites for hydroxylation is 1. The van der Waals surface area contributed by atoms with Gasteiger partial charge in [0, 0.05) is 0 Å². The van der Waals surface area contributed by atoms with Gasteiger partial charge in [0.25, 0.3) is 10.0 Å². The first-order chi connectivity index (χ1) is 12.9. The minimum absolute atomic E-state index is 0.0731. The molecule has 0 fully saturated rings. The fourth-order valence-electron chi connectivity index (χ4n) is 2.75. The van der Waals surface area contributed by atoms with Gasteiger partial charge in [-0.2, -0.15) is 0 Å². The quantitative estimate of drug-likeness (QED) is 0.626. The number of methoxy groups -OCH3 is 1. The van der Waals surface area contributed by atoms with Gasteiger partial charge in [0.05, 0.1) is 24.2 Å². The molecule has 0 aliphatic carbocycles. The van der Waals surface area contributed by atoms with Gasteiger partial charge in [0.1, 0.15) is 11.6 Å². The van der Waals surface area contributed by atoms with E-state index in [1.54, 1.807) is 55.6 Å². The standard InChI is InChI=1S/C21H20FNO3S/c1-16-5-3-8-21(13-16)27(24,25)23(19-7-4-6-18(22)14-19)15-17-9-11-20(26-2)12-10-17/h3-14H,15H2,1-2H3. The second kappa shape index (κ2) is 7.80. The summed E-state index contributed by atoms with van der Waals surface area (Å²) < 4.78 is 46.7. The first-order valence-electron chi connectivity index (χ1n) is 8.38. The minimum atomic E-state index is -3.87. The number of sulfonamides is 1. The van der Waals surface area contributed by atoms with Crippen LogP contribution in [-0.2, 0) is 16.6 Å². The van der Waals surface area contributed by atoms with Crippen LogP contribution in [0.5, 0.6) is 5.75 Å². The molecule has 4 nitrogen and oxygen atoms in total. The fraction of sp³-hybridized carbons (Fsp3) is 0.143. The largest absolute Gasteiger partial charge is 0.497 e. The molecule has 0 heterocycles. The molecule has 140 valence electrons. The van der Waals surface area contributed by atoms with Crippen LogP contribution in [0.15, 0.2) is 77.7 Å². The van der Waals surface area contributed by atoms with Crippen molar-refractivity contribution in [1.82, 2.24) is 0 Å². The monoisotopic (exact) mass is 385 g/mol. The molecule has 0 saturated heterocycles. The average molecular weight is 385 g/mol. The van der Waals surface area contributed by atoms with E-state index in [9.17, 15) is 12.8 Å². The zero-order valence-electron chi connectivity index (χ0n) is 15.1. The van der Waals surface area contributed by atoms with Crippen molar-refractivity contribution in [3.63, 3.8) is 0 Å². The Morgan fingerprint density at radius 3 is 2.30 bits per heavy atom. The van der Waals surface area contributed by atoms with Crippen LogP contribution in [0.25, 0.3) is 0 Å². The van der Waals surface area contributed by atoms with Crippen molar-refractivity contribution in [2.75, 3.05) is 11.4 Å².